The number of amides is 1. The standard InChI is InChI=1S/C17H23NO4/c1-4-5-9-15(17(20)21)18-16(19)11-13-7-6-8-14(10-13)22-12(2)3/h4-8,10,12,15H,9,11H2,1-3H3,(H,18,19)(H,20,21)/b5-4+. The number of allylic oxidation sites excluding steroid dienone is 1. The maximum absolute atomic E-state index is 12.0. The van der Waals surface area contributed by atoms with Gasteiger partial charge < -0.3 is 15.2 Å². The van der Waals surface area contributed by atoms with E-state index in [2.05, 4.69) is 5.32 Å². The Morgan fingerprint density at radius 1 is 1.36 bits per heavy atom. The number of hydrogen-bond donors (Lipinski definition) is 2. The molecule has 0 fully saturated rings. The molecule has 1 amide bonds. The van der Waals surface area contributed by atoms with Crippen LogP contribution in [0.5, 0.6) is 5.75 Å². The van der Waals surface area contributed by atoms with Gasteiger partial charge in [-0.25, -0.2) is 4.79 Å². The Kier molecular flexibility index (Phi) is 7.16. The number of hydrogen-bond acceptors (Lipinski definition) is 3. The molecule has 0 bridgehead atoms. The molecule has 0 aliphatic carbocycles. The van der Waals surface area contributed by atoms with Gasteiger partial charge in [-0.3, -0.25) is 4.79 Å². The van der Waals surface area contributed by atoms with Crippen LogP contribution in [0, 0.1) is 0 Å². The van der Waals surface area contributed by atoms with Crippen molar-refractivity contribution in [1.82, 2.24) is 5.32 Å². The molecule has 1 unspecified atom stereocenters. The fourth-order valence-electron chi connectivity index (χ4n) is 1.93. The molecule has 0 aliphatic rings. The summed E-state index contributed by atoms with van der Waals surface area (Å²) in [5, 5.41) is 11.6. The Morgan fingerprint density at radius 2 is 2.09 bits per heavy atom. The Balaban J connectivity index is 2.65. The molecule has 0 spiro atoms. The average molecular weight is 305 g/mol. The van der Waals surface area contributed by atoms with E-state index in [1.807, 2.05) is 32.0 Å². The molecule has 0 radical (unpaired) electrons. The number of carbonyl (C=O) groups excluding carboxylic acids is 1. The van der Waals surface area contributed by atoms with E-state index >= 15 is 0 Å². The van der Waals surface area contributed by atoms with Crippen LogP contribution in [0.4, 0.5) is 0 Å². The zero-order chi connectivity index (χ0) is 16.5. The lowest BCUT2D eigenvalue weighted by Gasteiger charge is -2.13. The molecule has 2 N–H and O–H groups in total. The van der Waals surface area contributed by atoms with Gasteiger partial charge in [0.2, 0.25) is 5.91 Å². The first-order valence-electron chi connectivity index (χ1n) is 7.31. The number of aliphatic carboxylic acids is 1. The Bertz CT molecular complexity index is 537. The second-order valence-electron chi connectivity index (χ2n) is 5.25. The van der Waals surface area contributed by atoms with Crippen molar-refractivity contribution in [3.63, 3.8) is 0 Å². The summed E-state index contributed by atoms with van der Waals surface area (Å²) in [7, 11) is 0. The number of ether oxygens (including phenoxy) is 1. The fourth-order valence-corrected chi connectivity index (χ4v) is 1.93. The molecular formula is C17H23NO4. The summed E-state index contributed by atoms with van der Waals surface area (Å²) in [6.45, 7) is 5.66. The molecule has 0 aliphatic heterocycles. The zero-order valence-corrected chi connectivity index (χ0v) is 13.2. The second-order valence-corrected chi connectivity index (χ2v) is 5.25. The molecule has 0 saturated heterocycles. The summed E-state index contributed by atoms with van der Waals surface area (Å²) in [6, 6.07) is 6.34. The van der Waals surface area contributed by atoms with Crippen molar-refractivity contribution in [3.05, 3.63) is 42.0 Å². The molecule has 120 valence electrons. The van der Waals surface area contributed by atoms with E-state index in [0.717, 1.165) is 5.56 Å². The van der Waals surface area contributed by atoms with Gasteiger partial charge in [-0.2, -0.15) is 0 Å². The van der Waals surface area contributed by atoms with E-state index in [1.54, 1.807) is 25.1 Å². The molecule has 22 heavy (non-hydrogen) atoms. The van der Waals surface area contributed by atoms with Crippen LogP contribution in [0.3, 0.4) is 0 Å². The zero-order valence-electron chi connectivity index (χ0n) is 13.2. The van der Waals surface area contributed by atoms with Gasteiger partial charge in [0.1, 0.15) is 11.8 Å². The summed E-state index contributed by atoms with van der Waals surface area (Å²) in [6.07, 6.45) is 3.93. The molecule has 1 aromatic rings. The third-order valence-corrected chi connectivity index (χ3v) is 2.88. The SMILES string of the molecule is C/C=C/CC(NC(=O)Cc1cccc(OC(C)C)c1)C(=O)O. The number of carbonyl (C=O) groups is 2. The average Bonchev–Trinajstić information content (AvgIpc) is 2.42. The molecule has 0 saturated carbocycles. The van der Waals surface area contributed by atoms with Gasteiger partial charge >= 0.3 is 5.97 Å². The molecule has 1 aromatic carbocycles. The van der Waals surface area contributed by atoms with Crippen LogP contribution in [0.2, 0.25) is 0 Å². The van der Waals surface area contributed by atoms with Gasteiger partial charge in [0.05, 0.1) is 12.5 Å². The van der Waals surface area contributed by atoms with Crippen molar-refractivity contribution in [3.8, 4) is 5.75 Å². The molecule has 5 nitrogen and oxygen atoms in total. The molecular weight excluding hydrogens is 282 g/mol. The first-order chi connectivity index (χ1) is 10.4. The van der Waals surface area contributed by atoms with Crippen LogP contribution in [0.1, 0.15) is 32.8 Å². The largest absolute Gasteiger partial charge is 0.491 e. The number of benzene rings is 1. The summed E-state index contributed by atoms with van der Waals surface area (Å²) in [5.74, 6) is -0.661. The normalized spacial score (nSPS) is 12.4. The summed E-state index contributed by atoms with van der Waals surface area (Å²) in [4.78, 5) is 23.1. The van der Waals surface area contributed by atoms with E-state index in [-0.39, 0.29) is 24.9 Å². The highest BCUT2D eigenvalue weighted by Gasteiger charge is 2.18. The van der Waals surface area contributed by atoms with Gasteiger partial charge in [-0.15, -0.1) is 0 Å². The number of carboxylic acids is 1. The van der Waals surface area contributed by atoms with Crippen molar-refractivity contribution in [1.29, 1.82) is 0 Å². The maximum Gasteiger partial charge on any atom is 0.326 e. The van der Waals surface area contributed by atoms with Crippen LogP contribution >= 0.6 is 0 Å². The van der Waals surface area contributed by atoms with Gasteiger partial charge in [-0.1, -0.05) is 24.3 Å². The third-order valence-electron chi connectivity index (χ3n) is 2.88. The molecule has 0 aromatic heterocycles. The maximum atomic E-state index is 12.0. The number of carboxylic acid groups (broad SMARTS) is 1. The fraction of sp³-hybridized carbons (Fsp3) is 0.412. The number of rotatable bonds is 8. The van der Waals surface area contributed by atoms with Crippen LogP contribution in [-0.2, 0) is 16.0 Å². The van der Waals surface area contributed by atoms with Crippen LogP contribution < -0.4 is 10.1 Å². The highest BCUT2D eigenvalue weighted by Crippen LogP contribution is 2.15. The summed E-state index contributed by atoms with van der Waals surface area (Å²) >= 11 is 0. The predicted octanol–water partition coefficient (Wildman–Crippen LogP) is 2.55. The summed E-state index contributed by atoms with van der Waals surface area (Å²) < 4.78 is 5.57. The number of nitrogens with one attached hydrogen (secondary N) is 1. The lowest BCUT2D eigenvalue weighted by atomic mass is 10.1. The van der Waals surface area contributed by atoms with Crippen molar-refractivity contribution < 1.29 is 19.4 Å². The van der Waals surface area contributed by atoms with Crippen LogP contribution in [0.25, 0.3) is 0 Å². The topological polar surface area (TPSA) is 75.6 Å². The van der Waals surface area contributed by atoms with Gasteiger partial charge in [-0.05, 0) is 44.9 Å². The van der Waals surface area contributed by atoms with Crippen molar-refractivity contribution in [2.24, 2.45) is 0 Å². The Labute approximate surface area is 131 Å². The predicted molar refractivity (Wildman–Crippen MR) is 84.9 cm³/mol. The third kappa shape index (κ3) is 6.43. The summed E-state index contributed by atoms with van der Waals surface area (Å²) in [5.41, 5.74) is 0.783. The highest BCUT2D eigenvalue weighted by atomic mass is 16.5. The van der Waals surface area contributed by atoms with E-state index in [0.29, 0.717) is 5.75 Å². The van der Waals surface area contributed by atoms with E-state index in [1.165, 1.54) is 0 Å². The van der Waals surface area contributed by atoms with Crippen LogP contribution in [0.15, 0.2) is 36.4 Å². The van der Waals surface area contributed by atoms with Crippen molar-refractivity contribution in [2.75, 3.05) is 0 Å². The van der Waals surface area contributed by atoms with Crippen molar-refractivity contribution >= 4 is 11.9 Å². The lowest BCUT2D eigenvalue weighted by molar-refractivity contribution is -0.141. The molecule has 1 rings (SSSR count). The van der Waals surface area contributed by atoms with Gasteiger partial charge in [0.15, 0.2) is 0 Å². The van der Waals surface area contributed by atoms with E-state index in [4.69, 9.17) is 9.84 Å². The molecule has 1 atom stereocenters. The molecule has 5 heteroatoms. The first kappa shape index (κ1) is 17.8. The Hall–Kier alpha value is -2.30. The smallest absolute Gasteiger partial charge is 0.326 e. The van der Waals surface area contributed by atoms with Crippen LogP contribution in [-0.4, -0.2) is 29.1 Å². The minimum atomic E-state index is -1.04. The monoisotopic (exact) mass is 305 g/mol. The minimum absolute atomic E-state index is 0.0568. The Morgan fingerprint density at radius 3 is 2.68 bits per heavy atom. The highest BCUT2D eigenvalue weighted by molar-refractivity contribution is 5.85. The lowest BCUT2D eigenvalue weighted by Crippen LogP contribution is -2.41. The van der Waals surface area contributed by atoms with E-state index in [9.17, 15) is 9.59 Å². The van der Waals surface area contributed by atoms with Gasteiger partial charge in [0, 0.05) is 0 Å². The van der Waals surface area contributed by atoms with E-state index < -0.39 is 12.0 Å². The first-order valence-corrected chi connectivity index (χ1v) is 7.31. The minimum Gasteiger partial charge on any atom is -0.491 e. The quantitative estimate of drug-likeness (QED) is 0.724. The van der Waals surface area contributed by atoms with Gasteiger partial charge in [0.25, 0.3) is 0 Å². The second kappa shape index (κ2) is 8.87. The molecule has 0 heterocycles. The van der Waals surface area contributed by atoms with Crippen molar-refractivity contribution in [2.45, 2.75) is 45.8 Å².